The highest BCUT2D eigenvalue weighted by atomic mass is 35.5. The Morgan fingerprint density at radius 2 is 1.67 bits per heavy atom. The molecule has 0 saturated carbocycles. The van der Waals surface area contributed by atoms with E-state index in [0.29, 0.717) is 16.7 Å². The first-order valence-electron chi connectivity index (χ1n) is 7.93. The number of likely N-dealkylation sites (N-methyl/N-ethyl adjacent to an activating group) is 1. The molecule has 1 atom stereocenters. The summed E-state index contributed by atoms with van der Waals surface area (Å²) in [6, 6.07) is 16.0. The van der Waals surface area contributed by atoms with Gasteiger partial charge in [0.25, 0.3) is 0 Å². The lowest BCUT2D eigenvalue weighted by Gasteiger charge is -2.26. The maximum Gasteiger partial charge on any atom is 0.136 e. The Balaban J connectivity index is 1.88. The molecule has 0 fully saturated rings. The first-order chi connectivity index (χ1) is 11.5. The molecule has 3 nitrogen and oxygen atoms in total. The molecule has 24 heavy (non-hydrogen) atoms. The molecule has 0 radical (unpaired) electrons. The van der Waals surface area contributed by atoms with Gasteiger partial charge >= 0.3 is 0 Å². The van der Waals surface area contributed by atoms with E-state index in [1.807, 2.05) is 37.2 Å². The van der Waals surface area contributed by atoms with Crippen LogP contribution in [0.5, 0.6) is 0 Å². The van der Waals surface area contributed by atoms with Gasteiger partial charge in [0, 0.05) is 13.1 Å². The summed E-state index contributed by atoms with van der Waals surface area (Å²) in [6.45, 7) is 2.39. The van der Waals surface area contributed by atoms with Gasteiger partial charge in [-0.2, -0.15) is 0 Å². The molecule has 0 aliphatic heterocycles. The van der Waals surface area contributed by atoms with Gasteiger partial charge in [-0.15, -0.1) is 0 Å². The van der Waals surface area contributed by atoms with Crippen LogP contribution in [0.3, 0.4) is 0 Å². The summed E-state index contributed by atoms with van der Waals surface area (Å²) in [5.41, 5.74) is 2.30. The Morgan fingerprint density at radius 3 is 2.29 bits per heavy atom. The minimum atomic E-state index is -0.148. The molecule has 1 unspecified atom stereocenters. The van der Waals surface area contributed by atoms with E-state index in [0.717, 1.165) is 18.7 Å². The largest absolute Gasteiger partial charge is 0.358 e. The molecule has 5 heteroatoms. The summed E-state index contributed by atoms with van der Waals surface area (Å²) >= 11 is 12.1. The average molecular weight is 367 g/mol. The van der Waals surface area contributed by atoms with E-state index in [1.165, 1.54) is 5.56 Å². The van der Waals surface area contributed by atoms with Crippen molar-refractivity contribution in [1.29, 1.82) is 0 Å². The van der Waals surface area contributed by atoms with E-state index in [9.17, 15) is 0 Å². The van der Waals surface area contributed by atoms with Gasteiger partial charge in [0.05, 0.1) is 16.7 Å². The van der Waals surface area contributed by atoms with Gasteiger partial charge in [-0.05, 0) is 44.4 Å². The summed E-state index contributed by atoms with van der Waals surface area (Å²) in [7, 11) is 6.07. The zero-order chi connectivity index (χ0) is 17.5. The van der Waals surface area contributed by atoms with E-state index in [4.69, 9.17) is 27.9 Å². The van der Waals surface area contributed by atoms with Crippen LogP contribution in [0.15, 0.2) is 48.5 Å². The van der Waals surface area contributed by atoms with Crippen LogP contribution >= 0.6 is 23.2 Å². The molecule has 0 aliphatic rings. The molecule has 0 saturated heterocycles. The van der Waals surface area contributed by atoms with Gasteiger partial charge < -0.3 is 4.74 Å². The lowest BCUT2D eigenvalue weighted by molar-refractivity contribution is -0.0442. The highest BCUT2D eigenvalue weighted by molar-refractivity contribution is 6.42. The van der Waals surface area contributed by atoms with Crippen molar-refractivity contribution in [3.8, 4) is 0 Å². The molecule has 0 N–H and O–H groups in total. The topological polar surface area (TPSA) is 15.7 Å². The second kappa shape index (κ2) is 9.40. The number of ether oxygens (including phenoxy) is 1. The van der Waals surface area contributed by atoms with E-state index in [1.54, 1.807) is 6.07 Å². The second-order valence-corrected chi connectivity index (χ2v) is 6.90. The van der Waals surface area contributed by atoms with E-state index < -0.39 is 0 Å². The number of hydrogen-bond donors (Lipinski definition) is 0. The molecule has 0 heterocycles. The van der Waals surface area contributed by atoms with Crippen molar-refractivity contribution in [3.63, 3.8) is 0 Å². The second-order valence-electron chi connectivity index (χ2n) is 6.08. The van der Waals surface area contributed by atoms with Gasteiger partial charge in [-0.1, -0.05) is 59.6 Å². The Labute approximate surface area is 154 Å². The minimum absolute atomic E-state index is 0.148. The predicted octanol–water partition coefficient (Wildman–Crippen LogP) is 4.70. The summed E-state index contributed by atoms with van der Waals surface area (Å²) < 4.78 is 6.08. The van der Waals surface area contributed by atoms with Gasteiger partial charge in [-0.25, -0.2) is 0 Å². The molecule has 0 aliphatic carbocycles. The third kappa shape index (κ3) is 5.76. The maximum absolute atomic E-state index is 6.12. The predicted molar refractivity (Wildman–Crippen MR) is 102 cm³/mol. The van der Waals surface area contributed by atoms with Crippen LogP contribution in [0.2, 0.25) is 10.0 Å². The Kier molecular flexibility index (Phi) is 7.53. The van der Waals surface area contributed by atoms with Crippen molar-refractivity contribution in [2.45, 2.75) is 12.8 Å². The molecule has 130 valence electrons. The van der Waals surface area contributed by atoms with Crippen molar-refractivity contribution in [2.24, 2.45) is 0 Å². The Morgan fingerprint density at radius 1 is 0.958 bits per heavy atom. The van der Waals surface area contributed by atoms with Crippen LogP contribution in [0.1, 0.15) is 17.4 Å². The first-order valence-corrected chi connectivity index (χ1v) is 8.68. The van der Waals surface area contributed by atoms with Crippen LogP contribution in [0, 0.1) is 0 Å². The van der Waals surface area contributed by atoms with Gasteiger partial charge in [0.1, 0.15) is 6.23 Å². The molecule has 2 rings (SSSR count). The van der Waals surface area contributed by atoms with Crippen LogP contribution in [-0.4, -0.2) is 44.1 Å². The summed E-state index contributed by atoms with van der Waals surface area (Å²) in [5, 5.41) is 1.10. The number of benzene rings is 2. The van der Waals surface area contributed by atoms with Crippen molar-refractivity contribution in [1.82, 2.24) is 9.80 Å². The van der Waals surface area contributed by atoms with Crippen molar-refractivity contribution >= 4 is 23.2 Å². The van der Waals surface area contributed by atoms with Crippen LogP contribution in [0.25, 0.3) is 0 Å². The number of hydrogen-bond acceptors (Lipinski definition) is 3. The molecule has 0 bridgehead atoms. The molecular formula is C19H24Cl2N2O. The quantitative estimate of drug-likeness (QED) is 0.629. The van der Waals surface area contributed by atoms with E-state index >= 15 is 0 Å². The fourth-order valence-corrected chi connectivity index (χ4v) is 2.81. The summed E-state index contributed by atoms with van der Waals surface area (Å²) in [4.78, 5) is 4.27. The van der Waals surface area contributed by atoms with Crippen LogP contribution in [0.4, 0.5) is 0 Å². The lowest BCUT2D eigenvalue weighted by atomic mass is 10.2. The average Bonchev–Trinajstić information content (AvgIpc) is 2.55. The molecule has 0 amide bonds. The normalized spacial score (nSPS) is 12.8. The van der Waals surface area contributed by atoms with Gasteiger partial charge in [0.2, 0.25) is 0 Å². The fourth-order valence-electron chi connectivity index (χ4n) is 2.50. The number of halogens is 2. The van der Waals surface area contributed by atoms with E-state index in [-0.39, 0.29) is 6.23 Å². The highest BCUT2D eigenvalue weighted by Crippen LogP contribution is 2.28. The Hall–Kier alpha value is -1.10. The third-order valence-electron chi connectivity index (χ3n) is 3.74. The minimum Gasteiger partial charge on any atom is -0.358 e. The molecular weight excluding hydrogens is 343 g/mol. The monoisotopic (exact) mass is 366 g/mol. The first kappa shape index (κ1) is 19.2. The summed E-state index contributed by atoms with van der Waals surface area (Å²) in [6.07, 6.45) is -0.148. The molecule has 2 aromatic carbocycles. The number of rotatable bonds is 8. The summed E-state index contributed by atoms with van der Waals surface area (Å²) in [5.74, 6) is 0. The lowest BCUT2D eigenvalue weighted by Crippen LogP contribution is -2.28. The third-order valence-corrected chi connectivity index (χ3v) is 4.48. The van der Waals surface area contributed by atoms with Crippen LogP contribution < -0.4 is 0 Å². The van der Waals surface area contributed by atoms with Crippen molar-refractivity contribution in [2.75, 3.05) is 34.3 Å². The zero-order valence-corrected chi connectivity index (χ0v) is 15.9. The smallest absolute Gasteiger partial charge is 0.136 e. The Bertz CT molecular complexity index is 635. The zero-order valence-electron chi connectivity index (χ0n) is 14.4. The van der Waals surface area contributed by atoms with Gasteiger partial charge in [0.15, 0.2) is 0 Å². The van der Waals surface area contributed by atoms with E-state index in [2.05, 4.69) is 36.2 Å². The molecule has 0 spiro atoms. The SMILES string of the molecule is CN(CCOC(c1ccc(Cl)c(Cl)c1)N(C)C)Cc1ccccc1. The molecule has 2 aromatic rings. The van der Waals surface area contributed by atoms with Crippen LogP contribution in [-0.2, 0) is 11.3 Å². The standard InChI is InChI=1S/C19H24Cl2N2O/c1-22(2)19(16-9-10-17(20)18(21)13-16)24-12-11-23(3)14-15-7-5-4-6-8-15/h4-10,13,19H,11-12,14H2,1-3H3. The number of nitrogens with zero attached hydrogens (tertiary/aromatic N) is 2. The maximum atomic E-state index is 6.12. The van der Waals surface area contributed by atoms with Gasteiger partial charge in [-0.3, -0.25) is 9.80 Å². The highest BCUT2D eigenvalue weighted by Gasteiger charge is 2.16. The van der Waals surface area contributed by atoms with Crippen molar-refractivity contribution < 1.29 is 4.74 Å². The van der Waals surface area contributed by atoms with Crippen molar-refractivity contribution in [3.05, 3.63) is 69.7 Å². The fraction of sp³-hybridized carbons (Fsp3) is 0.368. The molecule has 0 aromatic heterocycles.